The maximum Gasteiger partial charge on any atom is 0.256 e. The Bertz CT molecular complexity index is 1240. The van der Waals surface area contributed by atoms with Crippen LogP contribution in [0.15, 0.2) is 48.8 Å². The lowest BCUT2D eigenvalue weighted by Crippen LogP contribution is -2.19. The van der Waals surface area contributed by atoms with Crippen LogP contribution in [0.2, 0.25) is 0 Å². The van der Waals surface area contributed by atoms with Gasteiger partial charge in [-0.1, -0.05) is 6.07 Å². The summed E-state index contributed by atoms with van der Waals surface area (Å²) in [5.74, 6) is 2.06. The van der Waals surface area contributed by atoms with Gasteiger partial charge in [-0.15, -0.1) is 5.10 Å². The maximum absolute atomic E-state index is 11.1. The molecule has 1 amide bonds. The summed E-state index contributed by atoms with van der Waals surface area (Å²) < 4.78 is 12.2. The molecular formula is C21H21N7O3. The van der Waals surface area contributed by atoms with Crippen molar-refractivity contribution in [1.82, 2.24) is 29.9 Å². The summed E-state index contributed by atoms with van der Waals surface area (Å²) in [4.78, 5) is 24.5. The number of ether oxygens (including phenoxy) is 2. The van der Waals surface area contributed by atoms with Crippen LogP contribution in [0.5, 0.6) is 11.6 Å². The van der Waals surface area contributed by atoms with Crippen LogP contribution in [0.3, 0.4) is 0 Å². The first-order chi connectivity index (χ1) is 15.1. The molecular weight excluding hydrogens is 398 g/mol. The number of carbonyl (C=O) groups excluding carboxylic acids is 1. The molecule has 31 heavy (non-hydrogen) atoms. The Morgan fingerprint density at radius 1 is 1.10 bits per heavy atom. The first kappa shape index (κ1) is 20.1. The highest BCUT2D eigenvalue weighted by atomic mass is 16.5. The summed E-state index contributed by atoms with van der Waals surface area (Å²) in [5.41, 5.74) is 2.92. The van der Waals surface area contributed by atoms with Gasteiger partial charge in [-0.05, 0) is 24.3 Å². The van der Waals surface area contributed by atoms with E-state index in [0.717, 1.165) is 17.0 Å². The molecule has 0 fully saturated rings. The number of anilines is 2. The molecule has 4 aromatic heterocycles. The van der Waals surface area contributed by atoms with Gasteiger partial charge in [0, 0.05) is 30.9 Å². The molecule has 0 bridgehead atoms. The lowest BCUT2D eigenvalue weighted by atomic mass is 10.2. The van der Waals surface area contributed by atoms with Crippen molar-refractivity contribution in [1.29, 1.82) is 0 Å². The fourth-order valence-electron chi connectivity index (χ4n) is 2.97. The molecule has 0 spiro atoms. The largest absolute Gasteiger partial charge is 0.491 e. The van der Waals surface area contributed by atoms with Gasteiger partial charge in [0.1, 0.15) is 5.82 Å². The van der Waals surface area contributed by atoms with Crippen LogP contribution in [0.1, 0.15) is 12.6 Å². The van der Waals surface area contributed by atoms with Gasteiger partial charge in [-0.25, -0.2) is 19.5 Å². The minimum Gasteiger partial charge on any atom is -0.491 e. The van der Waals surface area contributed by atoms with Gasteiger partial charge in [0.25, 0.3) is 5.88 Å². The van der Waals surface area contributed by atoms with Crippen LogP contribution in [-0.4, -0.2) is 44.7 Å². The molecule has 0 aliphatic rings. The molecule has 0 saturated heterocycles. The third kappa shape index (κ3) is 4.53. The molecule has 2 N–H and O–H groups in total. The Morgan fingerprint density at radius 2 is 1.97 bits per heavy atom. The van der Waals surface area contributed by atoms with E-state index in [-0.39, 0.29) is 5.91 Å². The second kappa shape index (κ2) is 8.66. The summed E-state index contributed by atoms with van der Waals surface area (Å²) in [6, 6.07) is 11.0. The Morgan fingerprint density at radius 3 is 2.74 bits per heavy atom. The molecule has 10 heteroatoms. The first-order valence-electron chi connectivity index (χ1n) is 9.48. The van der Waals surface area contributed by atoms with E-state index in [9.17, 15) is 4.79 Å². The van der Waals surface area contributed by atoms with Gasteiger partial charge in [-0.2, -0.15) is 0 Å². The number of nitrogens with zero attached hydrogens (tertiary/aromatic N) is 5. The highest BCUT2D eigenvalue weighted by molar-refractivity contribution is 5.72. The van der Waals surface area contributed by atoms with E-state index in [0.29, 0.717) is 35.5 Å². The second-order valence-electron chi connectivity index (χ2n) is 6.63. The zero-order chi connectivity index (χ0) is 21.8. The Hall–Kier alpha value is -4.21. The lowest BCUT2D eigenvalue weighted by molar-refractivity contribution is -0.119. The van der Waals surface area contributed by atoms with E-state index >= 15 is 0 Å². The Labute approximate surface area is 178 Å². The predicted octanol–water partition coefficient (Wildman–Crippen LogP) is 2.58. The van der Waals surface area contributed by atoms with E-state index in [2.05, 4.69) is 30.7 Å². The quantitative estimate of drug-likeness (QED) is 0.470. The van der Waals surface area contributed by atoms with Gasteiger partial charge in [0.05, 0.1) is 32.2 Å². The van der Waals surface area contributed by atoms with Crippen molar-refractivity contribution in [2.45, 2.75) is 13.5 Å². The minimum absolute atomic E-state index is 0.105. The molecule has 158 valence electrons. The highest BCUT2D eigenvalue weighted by Crippen LogP contribution is 2.29. The maximum atomic E-state index is 11.1. The lowest BCUT2D eigenvalue weighted by Gasteiger charge is -2.08. The molecule has 4 heterocycles. The minimum atomic E-state index is -0.105. The first-order valence-corrected chi connectivity index (χ1v) is 9.48. The standard InChI is InChI=1S/C21H21N7O3/c1-13(29)22-12-15-5-4-6-18(24-15)26-19-10-20-25-16(7-8-28(20)27-19)14-9-17(30-2)21(31-3)23-11-14/h4-11H,12H2,1-3H3,(H,22,29)(H,24,26,27). The molecule has 10 nitrogen and oxygen atoms in total. The zero-order valence-electron chi connectivity index (χ0n) is 17.3. The summed E-state index contributed by atoms with van der Waals surface area (Å²) in [6.45, 7) is 1.83. The number of aromatic nitrogens is 5. The van der Waals surface area contributed by atoms with Gasteiger partial charge < -0.3 is 20.1 Å². The molecule has 0 aliphatic carbocycles. The highest BCUT2D eigenvalue weighted by Gasteiger charge is 2.11. The number of amides is 1. The van der Waals surface area contributed by atoms with Crippen molar-refractivity contribution in [3.05, 3.63) is 54.5 Å². The van der Waals surface area contributed by atoms with Gasteiger partial charge >= 0.3 is 0 Å². The van der Waals surface area contributed by atoms with E-state index in [1.807, 2.05) is 42.6 Å². The van der Waals surface area contributed by atoms with Gasteiger partial charge in [0.2, 0.25) is 5.91 Å². The van der Waals surface area contributed by atoms with E-state index in [4.69, 9.17) is 9.47 Å². The van der Waals surface area contributed by atoms with Crippen LogP contribution in [0.4, 0.5) is 11.6 Å². The van der Waals surface area contributed by atoms with Crippen molar-refractivity contribution >= 4 is 23.2 Å². The second-order valence-corrected chi connectivity index (χ2v) is 6.63. The summed E-state index contributed by atoms with van der Waals surface area (Å²) in [7, 11) is 3.11. The van der Waals surface area contributed by atoms with Crippen LogP contribution in [0.25, 0.3) is 16.9 Å². The van der Waals surface area contributed by atoms with E-state index < -0.39 is 0 Å². The summed E-state index contributed by atoms with van der Waals surface area (Å²) >= 11 is 0. The van der Waals surface area contributed by atoms with Gasteiger partial charge in [-0.3, -0.25) is 4.79 Å². The third-order valence-electron chi connectivity index (χ3n) is 4.43. The summed E-state index contributed by atoms with van der Waals surface area (Å²) in [5, 5.41) is 10.4. The number of pyridine rings is 2. The SMILES string of the molecule is COc1cc(-c2ccn3nc(Nc4cccc(CNC(C)=O)n4)cc3n2)cnc1OC. The Kier molecular flexibility index (Phi) is 5.61. The third-order valence-corrected chi connectivity index (χ3v) is 4.43. The fraction of sp³-hybridized carbons (Fsp3) is 0.190. The average Bonchev–Trinajstić information content (AvgIpc) is 3.18. The number of methoxy groups -OCH3 is 2. The predicted molar refractivity (Wildman–Crippen MR) is 114 cm³/mol. The molecule has 4 rings (SSSR count). The number of rotatable bonds is 7. The molecule has 4 aromatic rings. The van der Waals surface area contributed by atoms with E-state index in [1.165, 1.54) is 6.92 Å². The number of hydrogen-bond acceptors (Lipinski definition) is 8. The van der Waals surface area contributed by atoms with Gasteiger partial charge in [0.15, 0.2) is 17.2 Å². The normalized spacial score (nSPS) is 10.7. The van der Waals surface area contributed by atoms with Crippen molar-refractivity contribution < 1.29 is 14.3 Å². The smallest absolute Gasteiger partial charge is 0.256 e. The molecule has 0 saturated carbocycles. The number of carbonyl (C=O) groups is 1. The molecule has 0 unspecified atom stereocenters. The van der Waals surface area contributed by atoms with Crippen molar-refractivity contribution in [3.63, 3.8) is 0 Å². The molecule has 0 atom stereocenters. The van der Waals surface area contributed by atoms with Crippen LogP contribution < -0.4 is 20.1 Å². The fourth-order valence-corrected chi connectivity index (χ4v) is 2.97. The van der Waals surface area contributed by atoms with Crippen LogP contribution in [-0.2, 0) is 11.3 Å². The van der Waals surface area contributed by atoms with Crippen molar-refractivity contribution in [2.24, 2.45) is 0 Å². The summed E-state index contributed by atoms with van der Waals surface area (Å²) in [6.07, 6.45) is 3.50. The monoisotopic (exact) mass is 419 g/mol. The van der Waals surface area contributed by atoms with Crippen LogP contribution >= 0.6 is 0 Å². The zero-order valence-corrected chi connectivity index (χ0v) is 17.3. The average molecular weight is 419 g/mol. The van der Waals surface area contributed by atoms with E-state index in [1.54, 1.807) is 24.9 Å². The molecule has 0 radical (unpaired) electrons. The Balaban J connectivity index is 1.57. The number of fused-ring (bicyclic) bond motifs is 1. The molecule has 0 aromatic carbocycles. The number of nitrogens with one attached hydrogen (secondary N) is 2. The van der Waals surface area contributed by atoms with Crippen LogP contribution in [0, 0.1) is 0 Å². The van der Waals surface area contributed by atoms with Crippen molar-refractivity contribution in [2.75, 3.05) is 19.5 Å². The number of hydrogen-bond donors (Lipinski definition) is 2. The van der Waals surface area contributed by atoms with Crippen molar-refractivity contribution in [3.8, 4) is 22.9 Å². The topological polar surface area (TPSA) is 116 Å². The molecule has 0 aliphatic heterocycles.